The summed E-state index contributed by atoms with van der Waals surface area (Å²) in [4.78, 5) is 14.4. The van der Waals surface area contributed by atoms with Gasteiger partial charge in [0.25, 0.3) is 0 Å². The molecule has 1 saturated carbocycles. The Morgan fingerprint density at radius 1 is 1.35 bits per heavy atom. The van der Waals surface area contributed by atoms with E-state index in [-0.39, 0.29) is 11.3 Å². The van der Waals surface area contributed by atoms with Gasteiger partial charge in [-0.3, -0.25) is 4.79 Å². The molecule has 17 heavy (non-hydrogen) atoms. The van der Waals surface area contributed by atoms with Gasteiger partial charge in [0, 0.05) is 18.8 Å². The molecule has 92 valence electrons. The summed E-state index contributed by atoms with van der Waals surface area (Å²) in [6.07, 6.45) is 2.99. The Morgan fingerprint density at radius 2 is 2.00 bits per heavy atom. The number of hydrogen-bond acceptors (Lipinski definition) is 2. The van der Waals surface area contributed by atoms with Crippen LogP contribution in [0.1, 0.15) is 26.2 Å². The molecule has 0 saturated heterocycles. The van der Waals surface area contributed by atoms with Crippen LogP contribution < -0.4 is 10.6 Å². The molecule has 1 amide bonds. The zero-order valence-electron chi connectivity index (χ0n) is 10.4. The van der Waals surface area contributed by atoms with Gasteiger partial charge in [-0.25, -0.2) is 0 Å². The Bertz CT molecular complexity index is 379. The van der Waals surface area contributed by atoms with E-state index in [1.807, 2.05) is 42.2 Å². The number of amides is 1. The number of rotatable bonds is 4. The molecule has 3 nitrogen and oxygen atoms in total. The Labute approximate surface area is 103 Å². The monoisotopic (exact) mass is 232 g/mol. The van der Waals surface area contributed by atoms with Crippen molar-refractivity contribution in [2.24, 2.45) is 11.1 Å². The molecule has 0 atom stereocenters. The van der Waals surface area contributed by atoms with E-state index in [1.165, 1.54) is 0 Å². The predicted molar refractivity (Wildman–Crippen MR) is 69.8 cm³/mol. The summed E-state index contributed by atoms with van der Waals surface area (Å²) in [5.74, 6) is 0.194. The van der Waals surface area contributed by atoms with Gasteiger partial charge in [-0.15, -0.1) is 0 Å². The predicted octanol–water partition coefficient (Wildman–Crippen LogP) is 2.17. The van der Waals surface area contributed by atoms with E-state index >= 15 is 0 Å². The third-order valence-corrected chi connectivity index (χ3v) is 3.78. The van der Waals surface area contributed by atoms with Crippen molar-refractivity contribution in [1.29, 1.82) is 0 Å². The van der Waals surface area contributed by atoms with Gasteiger partial charge in [-0.05, 0) is 31.9 Å². The molecule has 0 bridgehead atoms. The van der Waals surface area contributed by atoms with E-state index in [9.17, 15) is 4.79 Å². The van der Waals surface area contributed by atoms with Crippen molar-refractivity contribution >= 4 is 11.6 Å². The van der Waals surface area contributed by atoms with Crippen LogP contribution in [0, 0.1) is 5.41 Å². The summed E-state index contributed by atoms with van der Waals surface area (Å²) in [6.45, 7) is 3.17. The van der Waals surface area contributed by atoms with Gasteiger partial charge < -0.3 is 10.6 Å². The maximum absolute atomic E-state index is 12.6. The molecule has 1 aromatic carbocycles. The fourth-order valence-corrected chi connectivity index (χ4v) is 2.45. The normalized spacial score (nSPS) is 17.3. The van der Waals surface area contributed by atoms with Gasteiger partial charge in [-0.2, -0.15) is 0 Å². The first kappa shape index (κ1) is 12.1. The molecule has 0 spiro atoms. The Morgan fingerprint density at radius 3 is 2.41 bits per heavy atom. The highest BCUT2D eigenvalue weighted by Crippen LogP contribution is 2.42. The maximum atomic E-state index is 12.6. The molecule has 0 aliphatic heterocycles. The van der Waals surface area contributed by atoms with Crippen molar-refractivity contribution in [3.8, 4) is 0 Å². The fraction of sp³-hybridized carbons (Fsp3) is 0.500. The Kier molecular flexibility index (Phi) is 3.48. The van der Waals surface area contributed by atoms with Crippen LogP contribution in [0.15, 0.2) is 30.3 Å². The molecule has 2 N–H and O–H groups in total. The average molecular weight is 232 g/mol. The van der Waals surface area contributed by atoms with Gasteiger partial charge in [0.15, 0.2) is 0 Å². The summed E-state index contributed by atoms with van der Waals surface area (Å²) in [5, 5.41) is 0. The summed E-state index contributed by atoms with van der Waals surface area (Å²) < 4.78 is 0. The van der Waals surface area contributed by atoms with Crippen LogP contribution in [0.5, 0.6) is 0 Å². The first-order valence-electron chi connectivity index (χ1n) is 6.30. The van der Waals surface area contributed by atoms with Crippen LogP contribution in [0.3, 0.4) is 0 Å². The molecule has 0 unspecified atom stereocenters. The average Bonchev–Trinajstić information content (AvgIpc) is 2.31. The number of para-hydroxylation sites is 1. The number of carbonyl (C=O) groups excluding carboxylic acids is 1. The van der Waals surface area contributed by atoms with Crippen LogP contribution >= 0.6 is 0 Å². The minimum absolute atomic E-state index is 0.194. The molecule has 1 fully saturated rings. The zero-order valence-corrected chi connectivity index (χ0v) is 10.4. The first-order valence-corrected chi connectivity index (χ1v) is 6.30. The lowest BCUT2D eigenvalue weighted by Gasteiger charge is -2.42. The quantitative estimate of drug-likeness (QED) is 0.864. The lowest BCUT2D eigenvalue weighted by molar-refractivity contribution is -0.132. The van der Waals surface area contributed by atoms with E-state index in [0.717, 1.165) is 24.9 Å². The summed E-state index contributed by atoms with van der Waals surface area (Å²) in [5.41, 5.74) is 6.48. The number of carbonyl (C=O) groups is 1. The minimum atomic E-state index is -0.286. The highest BCUT2D eigenvalue weighted by atomic mass is 16.2. The van der Waals surface area contributed by atoms with Crippen molar-refractivity contribution in [2.45, 2.75) is 26.2 Å². The largest absolute Gasteiger partial charge is 0.329 e. The van der Waals surface area contributed by atoms with Crippen molar-refractivity contribution in [1.82, 2.24) is 0 Å². The zero-order chi connectivity index (χ0) is 12.3. The van der Waals surface area contributed by atoms with E-state index in [1.54, 1.807) is 0 Å². The van der Waals surface area contributed by atoms with Gasteiger partial charge in [0.05, 0.1) is 5.41 Å². The van der Waals surface area contributed by atoms with Crippen LogP contribution in [-0.2, 0) is 4.79 Å². The van der Waals surface area contributed by atoms with Crippen LogP contribution in [0.25, 0.3) is 0 Å². The molecule has 2 rings (SSSR count). The van der Waals surface area contributed by atoms with E-state index in [2.05, 4.69) is 0 Å². The van der Waals surface area contributed by atoms with Gasteiger partial charge >= 0.3 is 0 Å². The standard InChI is InChI=1S/C14H20N2O/c1-2-16(12-7-4-3-5-8-12)13(17)14(11-15)9-6-10-14/h3-5,7-8H,2,6,9-11,15H2,1H3. The molecular formula is C14H20N2O. The molecule has 1 aromatic rings. The number of hydrogen-bond donors (Lipinski definition) is 1. The second kappa shape index (κ2) is 4.88. The number of nitrogens with two attached hydrogens (primary N) is 1. The first-order chi connectivity index (χ1) is 8.23. The number of benzene rings is 1. The SMILES string of the molecule is CCN(C(=O)C1(CN)CCC1)c1ccccc1. The van der Waals surface area contributed by atoms with Gasteiger partial charge in [0.2, 0.25) is 5.91 Å². The fourth-order valence-electron chi connectivity index (χ4n) is 2.45. The third kappa shape index (κ3) is 2.07. The van der Waals surface area contributed by atoms with E-state index in [0.29, 0.717) is 13.1 Å². The van der Waals surface area contributed by atoms with Crippen molar-refractivity contribution in [3.05, 3.63) is 30.3 Å². The van der Waals surface area contributed by atoms with Gasteiger partial charge in [0.1, 0.15) is 0 Å². The van der Waals surface area contributed by atoms with E-state index in [4.69, 9.17) is 5.73 Å². The smallest absolute Gasteiger partial charge is 0.234 e. The molecule has 1 aliphatic carbocycles. The third-order valence-electron chi connectivity index (χ3n) is 3.78. The second-order valence-electron chi connectivity index (χ2n) is 4.72. The summed E-state index contributed by atoms with van der Waals surface area (Å²) >= 11 is 0. The molecule has 0 heterocycles. The maximum Gasteiger partial charge on any atom is 0.234 e. The Balaban J connectivity index is 2.22. The van der Waals surface area contributed by atoms with Crippen molar-refractivity contribution in [2.75, 3.05) is 18.0 Å². The highest BCUT2D eigenvalue weighted by Gasteiger charge is 2.45. The Hall–Kier alpha value is -1.35. The number of anilines is 1. The van der Waals surface area contributed by atoms with E-state index < -0.39 is 0 Å². The molecule has 0 radical (unpaired) electrons. The number of nitrogens with zero attached hydrogens (tertiary/aromatic N) is 1. The molecule has 3 heteroatoms. The van der Waals surface area contributed by atoms with Crippen molar-refractivity contribution in [3.63, 3.8) is 0 Å². The van der Waals surface area contributed by atoms with Crippen molar-refractivity contribution < 1.29 is 4.79 Å². The molecule has 1 aliphatic rings. The van der Waals surface area contributed by atoms with Crippen LogP contribution in [-0.4, -0.2) is 19.0 Å². The lowest BCUT2D eigenvalue weighted by atomic mass is 9.67. The molecular weight excluding hydrogens is 212 g/mol. The summed E-state index contributed by atoms with van der Waals surface area (Å²) in [6, 6.07) is 9.83. The topological polar surface area (TPSA) is 46.3 Å². The van der Waals surface area contributed by atoms with Crippen LogP contribution in [0.4, 0.5) is 5.69 Å². The second-order valence-corrected chi connectivity index (χ2v) is 4.72. The summed E-state index contributed by atoms with van der Waals surface area (Å²) in [7, 11) is 0. The highest BCUT2D eigenvalue weighted by molar-refractivity contribution is 5.98. The lowest BCUT2D eigenvalue weighted by Crippen LogP contribution is -2.52. The van der Waals surface area contributed by atoms with Crippen LogP contribution in [0.2, 0.25) is 0 Å². The molecule has 0 aromatic heterocycles. The van der Waals surface area contributed by atoms with Gasteiger partial charge in [-0.1, -0.05) is 24.6 Å². The minimum Gasteiger partial charge on any atom is -0.329 e.